The first-order valence-corrected chi connectivity index (χ1v) is 10.3. The van der Waals surface area contributed by atoms with Crippen molar-refractivity contribution in [1.82, 2.24) is 9.80 Å². The van der Waals surface area contributed by atoms with E-state index in [2.05, 4.69) is 53.1 Å². The minimum absolute atomic E-state index is 0.233. The van der Waals surface area contributed by atoms with E-state index < -0.39 is 0 Å². The summed E-state index contributed by atoms with van der Waals surface area (Å²) in [5.41, 5.74) is 3.93. The number of halogens is 1. The molecule has 0 N–H and O–H groups in total. The highest BCUT2D eigenvalue weighted by Crippen LogP contribution is 2.40. The van der Waals surface area contributed by atoms with Crippen molar-refractivity contribution < 1.29 is 4.79 Å². The van der Waals surface area contributed by atoms with Crippen LogP contribution in [0.4, 0.5) is 5.69 Å². The van der Waals surface area contributed by atoms with Gasteiger partial charge in [-0.1, -0.05) is 35.9 Å². The first-order valence-electron chi connectivity index (χ1n) is 9.93. The van der Waals surface area contributed by atoms with Gasteiger partial charge < -0.3 is 9.80 Å². The molecule has 0 saturated carbocycles. The number of hydrogen-bond acceptors (Lipinski definition) is 3. The van der Waals surface area contributed by atoms with Gasteiger partial charge in [-0.2, -0.15) is 0 Å². The maximum Gasteiger partial charge on any atom is 0.227 e. The van der Waals surface area contributed by atoms with Crippen molar-refractivity contribution in [3.05, 3.63) is 64.7 Å². The van der Waals surface area contributed by atoms with Gasteiger partial charge in [-0.3, -0.25) is 9.69 Å². The van der Waals surface area contributed by atoms with Crippen LogP contribution in [0.3, 0.4) is 0 Å². The maximum absolute atomic E-state index is 12.7. The fourth-order valence-electron chi connectivity index (χ4n) is 4.47. The third-order valence-corrected chi connectivity index (χ3v) is 6.29. The van der Waals surface area contributed by atoms with Crippen molar-refractivity contribution >= 4 is 23.2 Å². The van der Waals surface area contributed by atoms with Crippen molar-refractivity contribution in [2.45, 2.75) is 19.4 Å². The lowest BCUT2D eigenvalue weighted by Gasteiger charge is -2.48. The SMILES string of the molecule is CN(C)c1ccc(CN2CC3(CCN(C(=O)Cc4ccc(Cl)cc4)C3)C2)cc1. The van der Waals surface area contributed by atoms with Crippen molar-refractivity contribution in [2.24, 2.45) is 5.41 Å². The van der Waals surface area contributed by atoms with Crippen LogP contribution < -0.4 is 4.90 Å². The summed E-state index contributed by atoms with van der Waals surface area (Å²) in [7, 11) is 4.13. The monoisotopic (exact) mass is 397 g/mol. The summed E-state index contributed by atoms with van der Waals surface area (Å²) >= 11 is 5.93. The predicted molar refractivity (Wildman–Crippen MR) is 115 cm³/mol. The van der Waals surface area contributed by atoms with Crippen LogP contribution >= 0.6 is 11.6 Å². The Bertz CT molecular complexity index is 826. The van der Waals surface area contributed by atoms with Gasteiger partial charge in [-0.15, -0.1) is 0 Å². The van der Waals surface area contributed by atoms with E-state index in [1.165, 1.54) is 11.3 Å². The van der Waals surface area contributed by atoms with Gasteiger partial charge >= 0.3 is 0 Å². The average molecular weight is 398 g/mol. The van der Waals surface area contributed by atoms with Gasteiger partial charge in [-0.25, -0.2) is 0 Å². The first-order chi connectivity index (χ1) is 13.4. The number of carbonyl (C=O) groups excluding carboxylic acids is 1. The van der Waals surface area contributed by atoms with E-state index in [0.29, 0.717) is 16.9 Å². The van der Waals surface area contributed by atoms with E-state index in [0.717, 1.165) is 44.7 Å². The fraction of sp³-hybridized carbons (Fsp3) is 0.435. The molecule has 0 aliphatic carbocycles. The van der Waals surface area contributed by atoms with Gasteiger partial charge in [0.1, 0.15) is 0 Å². The Labute approximate surface area is 172 Å². The molecule has 2 aliphatic rings. The third kappa shape index (κ3) is 4.18. The smallest absolute Gasteiger partial charge is 0.227 e. The van der Waals surface area contributed by atoms with Crippen LogP contribution in [0.2, 0.25) is 5.02 Å². The van der Waals surface area contributed by atoms with E-state index in [4.69, 9.17) is 11.6 Å². The summed E-state index contributed by atoms with van der Waals surface area (Å²) in [5.74, 6) is 0.233. The Morgan fingerprint density at radius 3 is 2.29 bits per heavy atom. The minimum atomic E-state index is 0.233. The van der Waals surface area contributed by atoms with Crippen LogP contribution in [0.25, 0.3) is 0 Å². The zero-order chi connectivity index (χ0) is 19.7. The number of amides is 1. The number of carbonyl (C=O) groups is 1. The van der Waals surface area contributed by atoms with Crippen LogP contribution in [0.5, 0.6) is 0 Å². The largest absolute Gasteiger partial charge is 0.378 e. The lowest BCUT2D eigenvalue weighted by atomic mass is 9.79. The Hall–Kier alpha value is -2.04. The minimum Gasteiger partial charge on any atom is -0.378 e. The lowest BCUT2D eigenvalue weighted by Crippen LogP contribution is -2.57. The molecule has 2 fully saturated rings. The molecule has 148 valence electrons. The molecule has 1 spiro atoms. The van der Waals surface area contributed by atoms with Gasteiger partial charge in [0, 0.05) is 62.9 Å². The third-order valence-electron chi connectivity index (χ3n) is 6.04. The summed E-state index contributed by atoms with van der Waals surface area (Å²) in [6.07, 6.45) is 1.59. The van der Waals surface area contributed by atoms with E-state index in [1.54, 1.807) is 0 Å². The molecule has 0 bridgehead atoms. The Morgan fingerprint density at radius 1 is 1.00 bits per heavy atom. The second-order valence-corrected chi connectivity index (χ2v) is 9.01. The zero-order valence-electron chi connectivity index (χ0n) is 16.7. The van der Waals surface area contributed by atoms with Crippen LogP contribution in [0.1, 0.15) is 17.5 Å². The molecule has 0 radical (unpaired) electrons. The number of benzene rings is 2. The summed E-state index contributed by atoms with van der Waals surface area (Å²) in [6, 6.07) is 16.4. The van der Waals surface area contributed by atoms with Gasteiger partial charge in [0.2, 0.25) is 5.91 Å². The number of likely N-dealkylation sites (tertiary alicyclic amines) is 2. The Morgan fingerprint density at radius 2 is 1.64 bits per heavy atom. The summed E-state index contributed by atoms with van der Waals surface area (Å²) in [6.45, 7) is 4.96. The zero-order valence-corrected chi connectivity index (χ0v) is 17.5. The molecule has 5 heteroatoms. The molecule has 2 heterocycles. The molecular formula is C23H28ClN3O. The highest BCUT2D eigenvalue weighted by Gasteiger charge is 2.48. The fourth-order valence-corrected chi connectivity index (χ4v) is 4.59. The van der Waals surface area contributed by atoms with E-state index in [9.17, 15) is 4.79 Å². The molecule has 2 aliphatic heterocycles. The molecule has 4 rings (SSSR count). The predicted octanol–water partition coefficient (Wildman–Crippen LogP) is 3.68. The summed E-state index contributed by atoms with van der Waals surface area (Å²) < 4.78 is 0. The molecule has 28 heavy (non-hydrogen) atoms. The standard InChI is InChI=1S/C23H28ClN3O/c1-25(2)21-9-5-19(6-10-21)14-26-15-23(16-26)11-12-27(17-23)22(28)13-18-3-7-20(24)8-4-18/h3-10H,11-17H2,1-2H3. The Kier molecular flexibility index (Phi) is 5.35. The average Bonchev–Trinajstić information content (AvgIpc) is 3.09. The molecule has 0 unspecified atom stereocenters. The van der Waals surface area contributed by atoms with Crippen LogP contribution in [-0.2, 0) is 17.8 Å². The molecule has 2 aromatic carbocycles. The van der Waals surface area contributed by atoms with Crippen LogP contribution in [0.15, 0.2) is 48.5 Å². The number of hydrogen-bond donors (Lipinski definition) is 0. The second kappa shape index (κ2) is 7.76. The van der Waals surface area contributed by atoms with E-state index in [1.807, 2.05) is 24.3 Å². The van der Waals surface area contributed by atoms with Crippen LogP contribution in [0, 0.1) is 5.41 Å². The number of anilines is 1. The quantitative estimate of drug-likeness (QED) is 0.770. The number of nitrogens with zero attached hydrogens (tertiary/aromatic N) is 3. The van der Waals surface area contributed by atoms with Gasteiger partial charge in [0.05, 0.1) is 6.42 Å². The Balaban J connectivity index is 1.27. The number of rotatable bonds is 5. The van der Waals surface area contributed by atoms with Crippen LogP contribution in [-0.4, -0.2) is 56.0 Å². The van der Waals surface area contributed by atoms with Crippen molar-refractivity contribution in [1.29, 1.82) is 0 Å². The molecule has 2 aromatic rings. The normalized spacial score (nSPS) is 18.3. The molecule has 2 saturated heterocycles. The molecule has 4 nitrogen and oxygen atoms in total. The highest BCUT2D eigenvalue weighted by molar-refractivity contribution is 6.30. The van der Waals surface area contributed by atoms with Crippen molar-refractivity contribution in [2.75, 3.05) is 45.2 Å². The topological polar surface area (TPSA) is 26.8 Å². The second-order valence-electron chi connectivity index (χ2n) is 8.57. The van der Waals surface area contributed by atoms with Gasteiger partial charge in [0.25, 0.3) is 0 Å². The van der Waals surface area contributed by atoms with Gasteiger partial charge in [-0.05, 0) is 41.8 Å². The highest BCUT2D eigenvalue weighted by atomic mass is 35.5. The first kappa shape index (κ1) is 19.3. The molecular weight excluding hydrogens is 370 g/mol. The molecule has 0 aromatic heterocycles. The maximum atomic E-state index is 12.7. The summed E-state index contributed by atoms with van der Waals surface area (Å²) in [4.78, 5) is 19.3. The summed E-state index contributed by atoms with van der Waals surface area (Å²) in [5, 5.41) is 0.710. The molecule has 1 amide bonds. The van der Waals surface area contributed by atoms with E-state index >= 15 is 0 Å². The molecule has 0 atom stereocenters. The lowest BCUT2D eigenvalue weighted by molar-refractivity contribution is -0.130. The van der Waals surface area contributed by atoms with Crippen molar-refractivity contribution in [3.63, 3.8) is 0 Å². The van der Waals surface area contributed by atoms with Gasteiger partial charge in [0.15, 0.2) is 0 Å². The van der Waals surface area contributed by atoms with E-state index in [-0.39, 0.29) is 5.91 Å². The van der Waals surface area contributed by atoms with Crippen molar-refractivity contribution in [3.8, 4) is 0 Å².